The molecule has 0 spiro atoms. The second-order valence-corrected chi connectivity index (χ2v) is 4.38. The Balaban J connectivity index is 2.29. The molecule has 1 atom stereocenters. The van der Waals surface area contributed by atoms with Crippen molar-refractivity contribution in [2.75, 3.05) is 11.1 Å². The monoisotopic (exact) mass is 262 g/mol. The molecule has 0 saturated carbocycles. The summed E-state index contributed by atoms with van der Waals surface area (Å²) in [5, 5.41) is 2.90. The van der Waals surface area contributed by atoms with Crippen LogP contribution in [0.4, 0.5) is 20.2 Å². The van der Waals surface area contributed by atoms with E-state index >= 15 is 0 Å². The first-order chi connectivity index (χ1) is 9.11. The number of hydrogen-bond acceptors (Lipinski definition) is 2. The first kappa shape index (κ1) is 13.3. The van der Waals surface area contributed by atoms with Gasteiger partial charge in [0.05, 0.1) is 6.04 Å². The second kappa shape index (κ2) is 5.69. The Hall–Kier alpha value is -2.10. The fourth-order valence-corrected chi connectivity index (χ4v) is 2.01. The highest BCUT2D eigenvalue weighted by molar-refractivity contribution is 5.55. The number of halogens is 2. The molecule has 2 nitrogen and oxygen atoms in total. The van der Waals surface area contributed by atoms with Gasteiger partial charge in [-0.1, -0.05) is 37.3 Å². The Morgan fingerprint density at radius 3 is 2.21 bits per heavy atom. The lowest BCUT2D eigenvalue weighted by molar-refractivity contribution is 0.582. The summed E-state index contributed by atoms with van der Waals surface area (Å²) in [4.78, 5) is 0. The molecule has 19 heavy (non-hydrogen) atoms. The van der Waals surface area contributed by atoms with E-state index in [4.69, 9.17) is 5.73 Å². The van der Waals surface area contributed by atoms with E-state index < -0.39 is 11.6 Å². The molecule has 1 unspecified atom stereocenters. The number of nitrogen functional groups attached to an aromatic ring is 1. The van der Waals surface area contributed by atoms with Crippen molar-refractivity contribution in [3.05, 3.63) is 59.7 Å². The predicted molar refractivity (Wildman–Crippen MR) is 73.9 cm³/mol. The predicted octanol–water partition coefficient (Wildman–Crippen LogP) is 4.11. The molecule has 3 N–H and O–H groups in total. The average Bonchev–Trinajstić information content (AvgIpc) is 2.39. The number of benzene rings is 2. The third-order valence-electron chi connectivity index (χ3n) is 2.99. The van der Waals surface area contributed by atoms with Gasteiger partial charge < -0.3 is 11.1 Å². The first-order valence-corrected chi connectivity index (χ1v) is 6.17. The van der Waals surface area contributed by atoms with Crippen molar-refractivity contribution in [2.45, 2.75) is 19.4 Å². The van der Waals surface area contributed by atoms with Gasteiger partial charge in [-0.2, -0.15) is 0 Å². The third kappa shape index (κ3) is 3.02. The van der Waals surface area contributed by atoms with Gasteiger partial charge in [-0.15, -0.1) is 0 Å². The summed E-state index contributed by atoms with van der Waals surface area (Å²) in [5.41, 5.74) is 6.32. The molecule has 2 aromatic carbocycles. The van der Waals surface area contributed by atoms with Crippen molar-refractivity contribution < 1.29 is 8.78 Å². The third-order valence-corrected chi connectivity index (χ3v) is 2.99. The minimum atomic E-state index is -0.674. The molecule has 4 heteroatoms. The SMILES string of the molecule is CCC(Nc1c(F)cc(N)cc1F)c1ccccc1. The van der Waals surface area contributed by atoms with E-state index in [9.17, 15) is 8.78 Å². The Morgan fingerprint density at radius 1 is 1.11 bits per heavy atom. The molecule has 0 aliphatic carbocycles. The second-order valence-electron chi connectivity index (χ2n) is 4.38. The van der Waals surface area contributed by atoms with Gasteiger partial charge in [-0.3, -0.25) is 0 Å². The smallest absolute Gasteiger partial charge is 0.151 e. The van der Waals surface area contributed by atoms with Crippen LogP contribution < -0.4 is 11.1 Å². The first-order valence-electron chi connectivity index (χ1n) is 6.17. The Bertz CT molecular complexity index is 532. The van der Waals surface area contributed by atoms with E-state index in [0.717, 1.165) is 17.7 Å². The lowest BCUT2D eigenvalue weighted by Crippen LogP contribution is -2.12. The quantitative estimate of drug-likeness (QED) is 0.814. The normalized spacial score (nSPS) is 12.2. The number of nitrogens with one attached hydrogen (secondary N) is 1. The highest BCUT2D eigenvalue weighted by atomic mass is 19.1. The molecule has 0 aliphatic rings. The largest absolute Gasteiger partial charge is 0.399 e. The highest BCUT2D eigenvalue weighted by Crippen LogP contribution is 2.28. The van der Waals surface area contributed by atoms with Gasteiger partial charge in [0, 0.05) is 5.69 Å². The summed E-state index contributed by atoms with van der Waals surface area (Å²) < 4.78 is 27.5. The molecular formula is C15H16F2N2. The zero-order chi connectivity index (χ0) is 13.8. The Kier molecular flexibility index (Phi) is 4.00. The van der Waals surface area contributed by atoms with Crippen LogP contribution in [0.1, 0.15) is 24.9 Å². The fourth-order valence-electron chi connectivity index (χ4n) is 2.01. The van der Waals surface area contributed by atoms with Crippen LogP contribution in [0.3, 0.4) is 0 Å². The number of rotatable bonds is 4. The van der Waals surface area contributed by atoms with Crippen LogP contribution in [0.2, 0.25) is 0 Å². The van der Waals surface area contributed by atoms with Gasteiger partial charge in [-0.25, -0.2) is 8.78 Å². The maximum atomic E-state index is 13.7. The van der Waals surface area contributed by atoms with Crippen LogP contribution >= 0.6 is 0 Å². The zero-order valence-electron chi connectivity index (χ0n) is 10.7. The molecule has 2 aromatic rings. The zero-order valence-corrected chi connectivity index (χ0v) is 10.7. The maximum absolute atomic E-state index is 13.7. The van der Waals surface area contributed by atoms with E-state index in [1.54, 1.807) is 0 Å². The van der Waals surface area contributed by atoms with E-state index in [1.165, 1.54) is 0 Å². The maximum Gasteiger partial charge on any atom is 0.151 e. The van der Waals surface area contributed by atoms with Crippen LogP contribution in [-0.4, -0.2) is 0 Å². The summed E-state index contributed by atoms with van der Waals surface area (Å²) in [7, 11) is 0. The van der Waals surface area contributed by atoms with Crippen molar-refractivity contribution in [3.8, 4) is 0 Å². The minimum Gasteiger partial charge on any atom is -0.399 e. The van der Waals surface area contributed by atoms with Gasteiger partial charge in [0.1, 0.15) is 5.69 Å². The van der Waals surface area contributed by atoms with Gasteiger partial charge in [0.2, 0.25) is 0 Å². The Morgan fingerprint density at radius 2 is 1.68 bits per heavy atom. The topological polar surface area (TPSA) is 38.0 Å². The van der Waals surface area contributed by atoms with E-state index in [-0.39, 0.29) is 17.4 Å². The summed E-state index contributed by atoms with van der Waals surface area (Å²) >= 11 is 0. The lowest BCUT2D eigenvalue weighted by Gasteiger charge is -2.19. The molecule has 0 aliphatic heterocycles. The molecular weight excluding hydrogens is 246 g/mol. The van der Waals surface area contributed by atoms with Gasteiger partial charge in [-0.05, 0) is 24.1 Å². The van der Waals surface area contributed by atoms with Gasteiger partial charge in [0.25, 0.3) is 0 Å². The van der Waals surface area contributed by atoms with E-state index in [1.807, 2.05) is 37.3 Å². The van der Waals surface area contributed by atoms with Crippen LogP contribution in [0, 0.1) is 11.6 Å². The molecule has 0 radical (unpaired) electrons. The molecule has 100 valence electrons. The Labute approximate surface area is 111 Å². The number of anilines is 2. The average molecular weight is 262 g/mol. The fraction of sp³-hybridized carbons (Fsp3) is 0.200. The number of nitrogens with two attached hydrogens (primary N) is 1. The highest BCUT2D eigenvalue weighted by Gasteiger charge is 2.15. The van der Waals surface area contributed by atoms with E-state index in [0.29, 0.717) is 6.42 Å². The molecule has 0 heterocycles. The molecule has 0 bridgehead atoms. The summed E-state index contributed by atoms with van der Waals surface area (Å²) in [6.45, 7) is 1.96. The van der Waals surface area contributed by atoms with Crippen LogP contribution in [0.15, 0.2) is 42.5 Å². The van der Waals surface area contributed by atoms with Crippen molar-refractivity contribution in [3.63, 3.8) is 0 Å². The van der Waals surface area contributed by atoms with Crippen LogP contribution in [0.5, 0.6) is 0 Å². The molecule has 2 rings (SSSR count). The summed E-state index contributed by atoms with van der Waals surface area (Å²) in [6, 6.07) is 11.6. The molecule has 0 aromatic heterocycles. The van der Waals surface area contributed by atoms with Crippen molar-refractivity contribution in [2.24, 2.45) is 0 Å². The molecule has 0 fully saturated rings. The lowest BCUT2D eigenvalue weighted by atomic mass is 10.0. The standard InChI is InChI=1S/C15H16F2N2/c1-2-14(10-6-4-3-5-7-10)19-15-12(16)8-11(18)9-13(15)17/h3-9,14,19H,2,18H2,1H3. The molecule has 0 amide bonds. The number of hydrogen-bond donors (Lipinski definition) is 2. The van der Waals surface area contributed by atoms with Gasteiger partial charge in [0.15, 0.2) is 11.6 Å². The van der Waals surface area contributed by atoms with E-state index in [2.05, 4.69) is 5.32 Å². The van der Waals surface area contributed by atoms with Crippen molar-refractivity contribution >= 4 is 11.4 Å². The van der Waals surface area contributed by atoms with Gasteiger partial charge >= 0.3 is 0 Å². The minimum absolute atomic E-state index is 0.0771. The van der Waals surface area contributed by atoms with Crippen LogP contribution in [0.25, 0.3) is 0 Å². The van der Waals surface area contributed by atoms with Crippen LogP contribution in [-0.2, 0) is 0 Å². The summed E-state index contributed by atoms with van der Waals surface area (Å²) in [5.74, 6) is -1.35. The van der Waals surface area contributed by atoms with Crippen molar-refractivity contribution in [1.29, 1.82) is 0 Å². The summed E-state index contributed by atoms with van der Waals surface area (Å²) in [6.07, 6.45) is 0.716. The molecule has 0 saturated heterocycles. The van der Waals surface area contributed by atoms with Crippen molar-refractivity contribution in [1.82, 2.24) is 0 Å².